The van der Waals surface area contributed by atoms with Gasteiger partial charge in [0, 0.05) is 5.56 Å². The summed E-state index contributed by atoms with van der Waals surface area (Å²) in [5, 5.41) is 2.93. The zero-order valence-corrected chi connectivity index (χ0v) is 16.8. The molecule has 0 radical (unpaired) electrons. The molecule has 0 aromatic heterocycles. The van der Waals surface area contributed by atoms with Crippen LogP contribution < -0.4 is 10.0 Å². The van der Waals surface area contributed by atoms with Crippen molar-refractivity contribution in [1.29, 1.82) is 0 Å². The Hall–Kier alpha value is -2.48. The second-order valence-electron chi connectivity index (χ2n) is 7.39. The fraction of sp³-hybridized carbons (Fsp3) is 0.350. The number of guanidine groups is 1. The molecule has 1 aliphatic heterocycles. The molecule has 1 unspecified atom stereocenters. The normalized spacial score (nSPS) is 17.7. The van der Waals surface area contributed by atoms with E-state index in [1.807, 2.05) is 20.8 Å². The van der Waals surface area contributed by atoms with Gasteiger partial charge in [0.15, 0.2) is 0 Å². The van der Waals surface area contributed by atoms with Gasteiger partial charge in [0.25, 0.3) is 10.0 Å². The Kier molecular flexibility index (Phi) is 5.69. The summed E-state index contributed by atoms with van der Waals surface area (Å²) >= 11 is 0. The van der Waals surface area contributed by atoms with Gasteiger partial charge in [-0.1, -0.05) is 32.9 Å². The number of nitrogens with one attached hydrogen (secondary N) is 2. The van der Waals surface area contributed by atoms with Crippen LogP contribution in [0.15, 0.2) is 46.3 Å². The first-order valence-electron chi connectivity index (χ1n) is 9.08. The number of fused-ring (bicyclic) bond motifs is 1. The van der Waals surface area contributed by atoms with Crippen molar-refractivity contribution < 1.29 is 17.2 Å². The fourth-order valence-electron chi connectivity index (χ4n) is 3.44. The molecule has 2 aromatic rings. The maximum Gasteiger partial charge on any atom is 0.266 e. The lowest BCUT2D eigenvalue weighted by atomic mass is 9.90. The number of hydrogen-bond acceptors (Lipinski definition) is 3. The Morgan fingerprint density at radius 2 is 1.86 bits per heavy atom. The first kappa shape index (κ1) is 20.3. The van der Waals surface area contributed by atoms with Crippen LogP contribution in [0.3, 0.4) is 0 Å². The second-order valence-corrected chi connectivity index (χ2v) is 9.04. The van der Waals surface area contributed by atoms with Crippen molar-refractivity contribution in [3.05, 3.63) is 59.2 Å². The summed E-state index contributed by atoms with van der Waals surface area (Å²) in [6, 6.07) is 8.31. The molecule has 0 saturated heterocycles. The quantitative estimate of drug-likeness (QED) is 0.773. The third-order valence-corrected chi connectivity index (χ3v) is 5.93. The van der Waals surface area contributed by atoms with Crippen molar-refractivity contribution >= 4 is 21.7 Å². The number of rotatable bonds is 5. The molecule has 0 amide bonds. The first-order chi connectivity index (χ1) is 13.2. The van der Waals surface area contributed by atoms with Gasteiger partial charge in [-0.15, -0.1) is 0 Å². The summed E-state index contributed by atoms with van der Waals surface area (Å²) in [5.74, 6) is -0.724. The lowest BCUT2D eigenvalue weighted by Gasteiger charge is -2.27. The molecule has 0 spiro atoms. The molecule has 1 aliphatic rings. The number of hydrogen-bond donors (Lipinski definition) is 2. The predicted molar refractivity (Wildman–Crippen MR) is 106 cm³/mol. The van der Waals surface area contributed by atoms with E-state index in [1.165, 1.54) is 24.3 Å². The summed E-state index contributed by atoms with van der Waals surface area (Å²) in [6.07, 6.45) is 0.707. The van der Waals surface area contributed by atoms with E-state index in [4.69, 9.17) is 0 Å². The number of anilines is 1. The van der Waals surface area contributed by atoms with Gasteiger partial charge in [0.05, 0.1) is 12.2 Å². The molecule has 0 aliphatic carbocycles. The van der Waals surface area contributed by atoms with E-state index in [0.29, 0.717) is 23.5 Å². The lowest BCUT2D eigenvalue weighted by Crippen LogP contribution is -2.41. The summed E-state index contributed by atoms with van der Waals surface area (Å²) in [4.78, 5) is 4.20. The van der Waals surface area contributed by atoms with Crippen molar-refractivity contribution in [2.75, 3.05) is 5.32 Å². The van der Waals surface area contributed by atoms with Crippen LogP contribution in [-0.4, -0.2) is 14.4 Å². The predicted octanol–water partition coefficient (Wildman–Crippen LogP) is 4.37. The zero-order valence-electron chi connectivity index (χ0n) is 16.0. The van der Waals surface area contributed by atoms with Crippen LogP contribution in [0.1, 0.15) is 44.2 Å². The molecular weight excluding hydrogens is 384 g/mol. The van der Waals surface area contributed by atoms with E-state index in [2.05, 4.69) is 15.0 Å². The zero-order chi connectivity index (χ0) is 20.5. The molecule has 0 saturated carbocycles. The highest BCUT2D eigenvalue weighted by molar-refractivity contribution is 7.90. The summed E-state index contributed by atoms with van der Waals surface area (Å²) in [5.41, 5.74) is 1.13. The number of benzene rings is 2. The van der Waals surface area contributed by atoms with Crippen molar-refractivity contribution in [2.24, 2.45) is 10.9 Å². The van der Waals surface area contributed by atoms with E-state index < -0.39 is 21.7 Å². The molecule has 0 fully saturated rings. The molecule has 8 heteroatoms. The number of halogens is 2. The summed E-state index contributed by atoms with van der Waals surface area (Å²) in [7, 11) is -3.89. The highest BCUT2D eigenvalue weighted by Gasteiger charge is 2.31. The molecule has 2 aromatic carbocycles. The average Bonchev–Trinajstić information content (AvgIpc) is 2.58. The van der Waals surface area contributed by atoms with E-state index >= 15 is 0 Å². The van der Waals surface area contributed by atoms with E-state index in [9.17, 15) is 17.2 Å². The molecule has 1 heterocycles. The molecule has 28 heavy (non-hydrogen) atoms. The highest BCUT2D eigenvalue weighted by atomic mass is 32.2. The van der Waals surface area contributed by atoms with E-state index in [0.717, 1.165) is 0 Å². The van der Waals surface area contributed by atoms with Crippen LogP contribution in [-0.2, 0) is 16.6 Å². The number of aliphatic imine (C=N–C) groups is 1. The smallest absolute Gasteiger partial charge is 0.266 e. The Labute approximate surface area is 163 Å². The topological polar surface area (TPSA) is 70.6 Å². The summed E-state index contributed by atoms with van der Waals surface area (Å²) in [6.45, 7) is 6.01. The lowest BCUT2D eigenvalue weighted by molar-refractivity contribution is 0.501. The van der Waals surface area contributed by atoms with E-state index in [1.54, 1.807) is 12.1 Å². The van der Waals surface area contributed by atoms with Gasteiger partial charge in [-0.25, -0.2) is 26.9 Å². The highest BCUT2D eigenvalue weighted by Crippen LogP contribution is 2.37. The van der Waals surface area contributed by atoms with Gasteiger partial charge < -0.3 is 5.32 Å². The Bertz CT molecular complexity index is 1020. The SMILES string of the molecule is CC(C)CC(C)c1c(F)ccc2c1NC(=NCc1cccc(F)c1)NS2(=O)=O. The molecule has 3 rings (SSSR count). The third kappa shape index (κ3) is 4.32. The molecular formula is C20H23F2N3O2S. The third-order valence-electron chi connectivity index (χ3n) is 4.54. The van der Waals surface area contributed by atoms with Crippen molar-refractivity contribution in [2.45, 2.75) is 44.6 Å². The van der Waals surface area contributed by atoms with Crippen LogP contribution in [0, 0.1) is 17.6 Å². The van der Waals surface area contributed by atoms with Crippen LogP contribution in [0.25, 0.3) is 0 Å². The fourth-order valence-corrected chi connectivity index (χ4v) is 4.59. The molecule has 0 bridgehead atoms. The van der Waals surface area contributed by atoms with Crippen LogP contribution in [0.2, 0.25) is 0 Å². The monoisotopic (exact) mass is 407 g/mol. The average molecular weight is 407 g/mol. The van der Waals surface area contributed by atoms with Crippen molar-refractivity contribution in [1.82, 2.24) is 4.72 Å². The number of nitrogens with zero attached hydrogens (tertiary/aromatic N) is 1. The Morgan fingerprint density at radius 3 is 2.54 bits per heavy atom. The second kappa shape index (κ2) is 7.87. The Morgan fingerprint density at radius 1 is 1.11 bits per heavy atom. The number of sulfonamides is 1. The maximum atomic E-state index is 14.6. The standard InChI is InChI=1S/C20H23F2N3O2S/c1-12(2)9-13(3)18-16(22)7-8-17-19(18)24-20(25-28(17,26)27)23-11-14-5-4-6-15(21)10-14/h4-8,10,12-13H,9,11H2,1-3H3,(H2,23,24,25). The maximum absolute atomic E-state index is 14.6. The van der Waals surface area contributed by atoms with Gasteiger partial charge in [-0.05, 0) is 48.1 Å². The van der Waals surface area contributed by atoms with Crippen LogP contribution in [0.4, 0.5) is 14.5 Å². The first-order valence-corrected chi connectivity index (χ1v) is 10.6. The molecule has 2 N–H and O–H groups in total. The summed E-state index contributed by atoms with van der Waals surface area (Å²) < 4.78 is 55.6. The van der Waals surface area contributed by atoms with E-state index in [-0.39, 0.29) is 29.0 Å². The van der Waals surface area contributed by atoms with Gasteiger partial charge in [0.2, 0.25) is 5.96 Å². The minimum atomic E-state index is -3.89. The minimum Gasteiger partial charge on any atom is -0.324 e. The largest absolute Gasteiger partial charge is 0.324 e. The van der Waals surface area contributed by atoms with Crippen LogP contribution >= 0.6 is 0 Å². The molecule has 1 atom stereocenters. The van der Waals surface area contributed by atoms with Gasteiger partial charge in [0.1, 0.15) is 16.5 Å². The molecule has 5 nitrogen and oxygen atoms in total. The minimum absolute atomic E-state index is 0.00999. The Balaban J connectivity index is 1.99. The van der Waals surface area contributed by atoms with Gasteiger partial charge in [-0.2, -0.15) is 0 Å². The van der Waals surface area contributed by atoms with Gasteiger partial charge >= 0.3 is 0 Å². The van der Waals surface area contributed by atoms with Crippen molar-refractivity contribution in [3.8, 4) is 0 Å². The van der Waals surface area contributed by atoms with Crippen LogP contribution in [0.5, 0.6) is 0 Å². The van der Waals surface area contributed by atoms with Crippen molar-refractivity contribution in [3.63, 3.8) is 0 Å². The molecule has 150 valence electrons. The van der Waals surface area contributed by atoms with Gasteiger partial charge in [-0.3, -0.25) is 0 Å².